The number of Topliss-reactive ketones (excluding diaryl/α,β-unsaturated/α-hetero) is 1. The van der Waals surface area contributed by atoms with E-state index >= 15 is 0 Å². The highest BCUT2D eigenvalue weighted by atomic mass is 79.9. The van der Waals surface area contributed by atoms with Crippen LogP contribution in [0, 0.1) is 16.7 Å². The van der Waals surface area contributed by atoms with Crippen LogP contribution in [0.4, 0.5) is 0 Å². The summed E-state index contributed by atoms with van der Waals surface area (Å²) in [7, 11) is 0. The molecule has 1 heterocycles. The molecule has 1 aromatic heterocycles. The fraction of sp³-hybridized carbons (Fsp3) is 0.312. The second-order valence-electron chi connectivity index (χ2n) is 6.13. The van der Waals surface area contributed by atoms with E-state index in [-0.39, 0.29) is 11.2 Å². The first-order valence-corrected chi connectivity index (χ1v) is 7.51. The minimum Gasteiger partial charge on any atom is -0.294 e. The Balaban J connectivity index is 2.12. The summed E-state index contributed by atoms with van der Waals surface area (Å²) >= 11 is 3.39. The number of halogens is 1. The van der Waals surface area contributed by atoms with Crippen molar-refractivity contribution in [2.75, 3.05) is 0 Å². The molecule has 0 fully saturated rings. The highest BCUT2D eigenvalue weighted by Gasteiger charge is 2.34. The van der Waals surface area contributed by atoms with E-state index in [0.29, 0.717) is 12.0 Å². The lowest BCUT2D eigenvalue weighted by Gasteiger charge is -2.28. The van der Waals surface area contributed by atoms with Crippen molar-refractivity contribution in [3.8, 4) is 11.8 Å². The molecule has 0 saturated heterocycles. The zero-order chi connectivity index (χ0) is 15.2. The highest BCUT2D eigenvalue weighted by Crippen LogP contribution is 2.35. The molecule has 0 aliphatic heterocycles. The van der Waals surface area contributed by atoms with Crippen LogP contribution < -0.4 is 0 Å². The average molecular weight is 344 g/mol. The number of benzene rings is 1. The van der Waals surface area contributed by atoms with E-state index in [2.05, 4.69) is 40.9 Å². The Bertz CT molecular complexity index is 783. The molecule has 3 rings (SSSR count). The van der Waals surface area contributed by atoms with Gasteiger partial charge in [0.2, 0.25) is 0 Å². The van der Waals surface area contributed by atoms with Gasteiger partial charge in [0.05, 0.1) is 28.7 Å². The molecule has 0 amide bonds. The molecule has 0 bridgehead atoms. The maximum atomic E-state index is 12.2. The van der Waals surface area contributed by atoms with E-state index in [4.69, 9.17) is 5.26 Å². The smallest absolute Gasteiger partial charge is 0.166 e. The molecular formula is C16H14BrN3O. The second kappa shape index (κ2) is 4.81. The largest absolute Gasteiger partial charge is 0.294 e. The van der Waals surface area contributed by atoms with Gasteiger partial charge in [-0.25, -0.2) is 4.68 Å². The number of aromatic nitrogens is 2. The monoisotopic (exact) mass is 343 g/mol. The molecule has 0 unspecified atom stereocenters. The minimum absolute atomic E-state index is 0.0499. The highest BCUT2D eigenvalue weighted by molar-refractivity contribution is 9.10. The molecule has 0 atom stereocenters. The van der Waals surface area contributed by atoms with Crippen LogP contribution in [0.5, 0.6) is 0 Å². The molecule has 0 radical (unpaired) electrons. The van der Waals surface area contributed by atoms with E-state index in [0.717, 1.165) is 27.8 Å². The molecule has 4 nitrogen and oxygen atoms in total. The van der Waals surface area contributed by atoms with Crippen LogP contribution in [0.15, 0.2) is 28.9 Å². The summed E-state index contributed by atoms with van der Waals surface area (Å²) < 4.78 is 2.54. The maximum Gasteiger partial charge on any atom is 0.166 e. The van der Waals surface area contributed by atoms with E-state index in [9.17, 15) is 4.79 Å². The summed E-state index contributed by atoms with van der Waals surface area (Å²) in [5.41, 5.74) is 3.05. The summed E-state index contributed by atoms with van der Waals surface area (Å²) in [5.74, 6) is 0.153. The van der Waals surface area contributed by atoms with Gasteiger partial charge in [-0.1, -0.05) is 13.8 Å². The first kappa shape index (κ1) is 14.0. The van der Waals surface area contributed by atoms with Gasteiger partial charge in [0.25, 0.3) is 0 Å². The lowest BCUT2D eigenvalue weighted by molar-refractivity contribution is 0.0911. The predicted molar refractivity (Wildman–Crippen MR) is 82.4 cm³/mol. The molecule has 1 aliphatic carbocycles. The van der Waals surface area contributed by atoms with Crippen molar-refractivity contribution in [3.05, 3.63) is 45.7 Å². The Morgan fingerprint density at radius 1 is 1.38 bits per heavy atom. The molecule has 106 valence electrons. The zero-order valence-corrected chi connectivity index (χ0v) is 13.4. The fourth-order valence-corrected chi connectivity index (χ4v) is 3.23. The van der Waals surface area contributed by atoms with Gasteiger partial charge in [-0.3, -0.25) is 4.79 Å². The molecule has 1 aliphatic rings. The van der Waals surface area contributed by atoms with Crippen LogP contribution in [0.1, 0.15) is 41.9 Å². The van der Waals surface area contributed by atoms with Crippen molar-refractivity contribution in [3.63, 3.8) is 0 Å². The van der Waals surface area contributed by atoms with Crippen molar-refractivity contribution in [2.24, 2.45) is 5.41 Å². The lowest BCUT2D eigenvalue weighted by Crippen LogP contribution is -2.27. The van der Waals surface area contributed by atoms with Gasteiger partial charge in [0, 0.05) is 10.9 Å². The number of hydrogen-bond acceptors (Lipinski definition) is 3. The molecule has 1 aromatic carbocycles. The first-order valence-electron chi connectivity index (χ1n) is 6.71. The normalized spacial score (nSPS) is 16.4. The number of nitriles is 1. The van der Waals surface area contributed by atoms with Crippen LogP contribution in [0.25, 0.3) is 5.69 Å². The second-order valence-corrected chi connectivity index (χ2v) is 6.99. The summed E-state index contributed by atoms with van der Waals surface area (Å²) in [6.45, 7) is 4.19. The number of nitrogens with zero attached hydrogens (tertiary/aromatic N) is 3. The van der Waals surface area contributed by atoms with Crippen LogP contribution in [0.2, 0.25) is 0 Å². The van der Waals surface area contributed by atoms with E-state index < -0.39 is 0 Å². The standard InChI is InChI=1S/C16H14BrN3O/c1-16(2)6-14-12(15(21)7-16)9-19-20(14)11-4-3-10(8-18)13(17)5-11/h3-5,9H,6-7H2,1-2H3. The molecule has 21 heavy (non-hydrogen) atoms. The van der Waals surface area contributed by atoms with Crippen LogP contribution in [-0.2, 0) is 6.42 Å². The SMILES string of the molecule is CC1(C)CC(=O)c2cnn(-c3ccc(C#N)c(Br)c3)c2C1. The number of hydrogen-bond donors (Lipinski definition) is 0. The zero-order valence-electron chi connectivity index (χ0n) is 11.9. The fourth-order valence-electron chi connectivity index (χ4n) is 2.77. The Morgan fingerprint density at radius 2 is 2.14 bits per heavy atom. The number of ketones is 1. The number of carbonyl (C=O) groups excluding carboxylic acids is 1. The Kier molecular flexibility index (Phi) is 3.22. The topological polar surface area (TPSA) is 58.7 Å². The van der Waals surface area contributed by atoms with Crippen molar-refractivity contribution in [1.29, 1.82) is 5.26 Å². The van der Waals surface area contributed by atoms with Gasteiger partial charge in [-0.05, 0) is 46.0 Å². The third-order valence-corrected chi connectivity index (χ3v) is 4.43. The quantitative estimate of drug-likeness (QED) is 0.793. The number of rotatable bonds is 1. The van der Waals surface area contributed by atoms with E-state index in [1.54, 1.807) is 16.9 Å². The first-order chi connectivity index (χ1) is 9.91. The number of fused-ring (bicyclic) bond motifs is 1. The van der Waals surface area contributed by atoms with Crippen LogP contribution in [-0.4, -0.2) is 15.6 Å². The molecule has 5 heteroatoms. The van der Waals surface area contributed by atoms with Gasteiger partial charge >= 0.3 is 0 Å². The Morgan fingerprint density at radius 3 is 2.81 bits per heavy atom. The summed E-state index contributed by atoms with van der Waals surface area (Å²) in [5, 5.41) is 13.4. The van der Waals surface area contributed by atoms with Crippen molar-refractivity contribution in [1.82, 2.24) is 9.78 Å². The van der Waals surface area contributed by atoms with Gasteiger partial charge in [0.15, 0.2) is 5.78 Å². The van der Waals surface area contributed by atoms with Crippen molar-refractivity contribution < 1.29 is 4.79 Å². The summed E-state index contributed by atoms with van der Waals surface area (Å²) in [6.07, 6.45) is 3.02. The number of carbonyl (C=O) groups is 1. The molecule has 0 saturated carbocycles. The van der Waals surface area contributed by atoms with Crippen LogP contribution in [0.3, 0.4) is 0 Å². The summed E-state index contributed by atoms with van der Waals surface area (Å²) in [4.78, 5) is 12.2. The molecule has 0 spiro atoms. The van der Waals surface area contributed by atoms with Crippen molar-refractivity contribution >= 4 is 21.7 Å². The summed E-state index contributed by atoms with van der Waals surface area (Å²) in [6, 6.07) is 7.58. The third kappa shape index (κ3) is 2.40. The Labute approximate surface area is 131 Å². The molecule has 0 N–H and O–H groups in total. The van der Waals surface area contributed by atoms with E-state index in [1.807, 2.05) is 12.1 Å². The minimum atomic E-state index is -0.0499. The van der Waals surface area contributed by atoms with Crippen molar-refractivity contribution in [2.45, 2.75) is 26.7 Å². The van der Waals surface area contributed by atoms with Gasteiger partial charge < -0.3 is 0 Å². The van der Waals surface area contributed by atoms with Gasteiger partial charge in [-0.15, -0.1) is 0 Å². The van der Waals surface area contributed by atoms with Crippen LogP contribution >= 0.6 is 15.9 Å². The third-order valence-electron chi connectivity index (χ3n) is 3.77. The van der Waals surface area contributed by atoms with E-state index in [1.165, 1.54) is 0 Å². The maximum absolute atomic E-state index is 12.2. The average Bonchev–Trinajstić information content (AvgIpc) is 2.81. The molecular weight excluding hydrogens is 330 g/mol. The van der Waals surface area contributed by atoms with Gasteiger partial charge in [-0.2, -0.15) is 10.4 Å². The van der Waals surface area contributed by atoms with Gasteiger partial charge in [0.1, 0.15) is 6.07 Å². The Hall–Kier alpha value is -1.93. The predicted octanol–water partition coefficient (Wildman–Crippen LogP) is 3.66. The molecule has 2 aromatic rings. The lowest BCUT2D eigenvalue weighted by atomic mass is 9.76.